The van der Waals surface area contributed by atoms with Crippen molar-refractivity contribution in [2.24, 2.45) is 5.92 Å². The summed E-state index contributed by atoms with van der Waals surface area (Å²) in [6, 6.07) is 12.1. The maximum Gasteiger partial charge on any atom is 0.319 e. The number of carbonyl (C=O) groups is 2. The number of benzene rings is 2. The minimum absolute atomic E-state index is 0.147. The number of nitrogens with one attached hydrogen (secondary N) is 2. The first-order valence-corrected chi connectivity index (χ1v) is 9.60. The molecule has 1 aliphatic heterocycles. The molecule has 1 fully saturated rings. The van der Waals surface area contributed by atoms with Crippen LogP contribution in [-0.2, 0) is 0 Å². The van der Waals surface area contributed by atoms with Gasteiger partial charge in [0.1, 0.15) is 5.82 Å². The molecule has 5 nitrogen and oxygen atoms in total. The van der Waals surface area contributed by atoms with Gasteiger partial charge in [-0.3, -0.25) is 4.79 Å². The second-order valence-electron chi connectivity index (χ2n) is 7.35. The molecule has 0 radical (unpaired) electrons. The standard InChI is InChI=1S/C22H26FN3O2/c1-15-8-10-18(11-9-15)25-22(28)24-13-17-5-4-12-26(14-17)20-7-3-6-19(23)21(20)16(2)27/h3,6-11,17H,4-5,12-14H2,1-2H3,(H2,24,25,28). The largest absolute Gasteiger partial charge is 0.371 e. The van der Waals surface area contributed by atoms with Gasteiger partial charge in [0.05, 0.1) is 11.3 Å². The SMILES string of the molecule is CC(=O)c1c(F)cccc1N1CCCC(CNC(=O)Nc2ccc(C)cc2)C1. The number of hydrogen-bond donors (Lipinski definition) is 2. The fraction of sp³-hybridized carbons (Fsp3) is 0.364. The van der Waals surface area contributed by atoms with Gasteiger partial charge in [-0.1, -0.05) is 23.8 Å². The summed E-state index contributed by atoms with van der Waals surface area (Å²) in [6.07, 6.45) is 1.91. The molecule has 2 N–H and O–H groups in total. The Morgan fingerprint density at radius 1 is 1.18 bits per heavy atom. The molecule has 3 rings (SSSR count). The first-order chi connectivity index (χ1) is 13.4. The summed E-state index contributed by atoms with van der Waals surface area (Å²) >= 11 is 0. The molecular formula is C22H26FN3O2. The zero-order valence-electron chi connectivity index (χ0n) is 16.3. The summed E-state index contributed by atoms with van der Waals surface area (Å²) in [6.45, 7) is 5.36. The number of Topliss-reactive ketones (excluding diaryl/α,β-unsaturated/α-hetero) is 1. The normalized spacial score (nSPS) is 16.5. The van der Waals surface area contributed by atoms with E-state index in [2.05, 4.69) is 10.6 Å². The summed E-state index contributed by atoms with van der Waals surface area (Å²) < 4.78 is 14.1. The van der Waals surface area contributed by atoms with Crippen LogP contribution in [0, 0.1) is 18.7 Å². The monoisotopic (exact) mass is 383 g/mol. The highest BCUT2D eigenvalue weighted by Gasteiger charge is 2.24. The zero-order valence-corrected chi connectivity index (χ0v) is 16.3. The number of nitrogens with zero attached hydrogens (tertiary/aromatic N) is 1. The van der Waals surface area contributed by atoms with E-state index >= 15 is 0 Å². The van der Waals surface area contributed by atoms with Crippen LogP contribution in [0.3, 0.4) is 0 Å². The Kier molecular flexibility index (Phi) is 6.29. The number of rotatable bonds is 5. The van der Waals surface area contributed by atoms with Crippen LogP contribution in [0.4, 0.5) is 20.6 Å². The molecule has 0 spiro atoms. The van der Waals surface area contributed by atoms with E-state index in [0.29, 0.717) is 18.8 Å². The van der Waals surface area contributed by atoms with Gasteiger partial charge >= 0.3 is 6.03 Å². The number of ketones is 1. The van der Waals surface area contributed by atoms with Gasteiger partial charge in [0.25, 0.3) is 0 Å². The number of urea groups is 1. The minimum atomic E-state index is -0.484. The molecule has 6 heteroatoms. The van der Waals surface area contributed by atoms with Gasteiger partial charge in [0.2, 0.25) is 0 Å². The van der Waals surface area contributed by atoms with Gasteiger partial charge in [-0.25, -0.2) is 9.18 Å². The molecule has 148 valence electrons. The maximum atomic E-state index is 14.1. The van der Waals surface area contributed by atoms with Crippen LogP contribution in [0.25, 0.3) is 0 Å². The molecule has 0 saturated carbocycles. The first-order valence-electron chi connectivity index (χ1n) is 9.60. The lowest BCUT2D eigenvalue weighted by atomic mass is 9.96. The molecule has 2 aromatic rings. The number of aryl methyl sites for hydroxylation is 1. The Hall–Kier alpha value is -2.89. The van der Waals surface area contributed by atoms with E-state index in [1.807, 2.05) is 36.1 Å². The van der Waals surface area contributed by atoms with Crippen LogP contribution in [-0.4, -0.2) is 31.4 Å². The van der Waals surface area contributed by atoms with Crippen LogP contribution in [0.15, 0.2) is 42.5 Å². The molecule has 2 aromatic carbocycles. The predicted molar refractivity (Wildman–Crippen MR) is 110 cm³/mol. The number of carbonyl (C=O) groups excluding carboxylic acids is 2. The summed E-state index contributed by atoms with van der Waals surface area (Å²) in [5.74, 6) is -0.519. The number of anilines is 2. The zero-order chi connectivity index (χ0) is 20.1. The van der Waals surface area contributed by atoms with Crippen molar-refractivity contribution in [3.63, 3.8) is 0 Å². The third kappa shape index (κ3) is 4.88. The first kappa shape index (κ1) is 19.9. The van der Waals surface area contributed by atoms with Gasteiger partial charge in [0, 0.05) is 25.3 Å². The van der Waals surface area contributed by atoms with Crippen LogP contribution in [0.5, 0.6) is 0 Å². The molecule has 2 amide bonds. The molecular weight excluding hydrogens is 357 g/mol. The number of halogens is 1. The molecule has 1 heterocycles. The van der Waals surface area contributed by atoms with Crippen LogP contribution < -0.4 is 15.5 Å². The van der Waals surface area contributed by atoms with Crippen LogP contribution in [0.1, 0.15) is 35.7 Å². The van der Waals surface area contributed by atoms with Gasteiger partial charge < -0.3 is 15.5 Å². The minimum Gasteiger partial charge on any atom is -0.371 e. The fourth-order valence-corrected chi connectivity index (χ4v) is 3.62. The van der Waals surface area contributed by atoms with Crippen LogP contribution in [0.2, 0.25) is 0 Å². The predicted octanol–water partition coefficient (Wildman–Crippen LogP) is 4.37. The van der Waals surface area contributed by atoms with Crippen molar-refractivity contribution in [2.45, 2.75) is 26.7 Å². The Morgan fingerprint density at radius 2 is 1.93 bits per heavy atom. The van der Waals surface area contributed by atoms with E-state index in [0.717, 1.165) is 30.6 Å². The van der Waals surface area contributed by atoms with E-state index in [4.69, 9.17) is 0 Å². The molecule has 1 unspecified atom stereocenters. The van der Waals surface area contributed by atoms with Gasteiger partial charge in [-0.15, -0.1) is 0 Å². The molecule has 0 aliphatic carbocycles. The topological polar surface area (TPSA) is 61.4 Å². The lowest BCUT2D eigenvalue weighted by molar-refractivity contribution is 0.101. The van der Waals surface area contributed by atoms with E-state index in [1.165, 1.54) is 13.0 Å². The third-order valence-corrected chi connectivity index (χ3v) is 5.06. The molecule has 28 heavy (non-hydrogen) atoms. The van der Waals surface area contributed by atoms with Crippen molar-refractivity contribution in [3.05, 3.63) is 59.4 Å². The highest BCUT2D eigenvalue weighted by atomic mass is 19.1. The lowest BCUT2D eigenvalue weighted by Crippen LogP contribution is -2.42. The quantitative estimate of drug-likeness (QED) is 0.754. The summed E-state index contributed by atoms with van der Waals surface area (Å²) in [5.41, 5.74) is 2.67. The van der Waals surface area contributed by atoms with E-state index in [1.54, 1.807) is 12.1 Å². The Morgan fingerprint density at radius 3 is 2.64 bits per heavy atom. The smallest absolute Gasteiger partial charge is 0.319 e. The molecule has 1 saturated heterocycles. The van der Waals surface area contributed by atoms with Gasteiger partial charge in [-0.05, 0) is 56.9 Å². The number of hydrogen-bond acceptors (Lipinski definition) is 3. The van der Waals surface area contributed by atoms with Crippen molar-refractivity contribution in [3.8, 4) is 0 Å². The van der Waals surface area contributed by atoms with Crippen molar-refractivity contribution in [2.75, 3.05) is 29.9 Å². The highest BCUT2D eigenvalue weighted by Crippen LogP contribution is 2.28. The molecule has 0 bridgehead atoms. The summed E-state index contributed by atoms with van der Waals surface area (Å²) in [4.78, 5) is 26.1. The maximum absolute atomic E-state index is 14.1. The Bertz CT molecular complexity index is 851. The lowest BCUT2D eigenvalue weighted by Gasteiger charge is -2.35. The van der Waals surface area contributed by atoms with E-state index < -0.39 is 5.82 Å². The second-order valence-corrected chi connectivity index (χ2v) is 7.35. The van der Waals surface area contributed by atoms with E-state index in [9.17, 15) is 14.0 Å². The average molecular weight is 383 g/mol. The van der Waals surface area contributed by atoms with Crippen molar-refractivity contribution < 1.29 is 14.0 Å². The Balaban J connectivity index is 1.58. The van der Waals surface area contributed by atoms with Crippen LogP contribution >= 0.6 is 0 Å². The number of piperidine rings is 1. The van der Waals surface area contributed by atoms with Crippen molar-refractivity contribution >= 4 is 23.2 Å². The highest BCUT2D eigenvalue weighted by molar-refractivity contribution is 6.00. The van der Waals surface area contributed by atoms with Crippen molar-refractivity contribution in [1.82, 2.24) is 5.32 Å². The summed E-state index contributed by atoms with van der Waals surface area (Å²) in [5, 5.41) is 5.74. The fourth-order valence-electron chi connectivity index (χ4n) is 3.62. The number of amides is 2. The Labute approximate surface area is 164 Å². The molecule has 1 atom stereocenters. The molecule has 0 aromatic heterocycles. The average Bonchev–Trinajstić information content (AvgIpc) is 2.68. The molecule has 1 aliphatic rings. The van der Waals surface area contributed by atoms with Crippen molar-refractivity contribution in [1.29, 1.82) is 0 Å². The third-order valence-electron chi connectivity index (χ3n) is 5.06. The van der Waals surface area contributed by atoms with Gasteiger partial charge in [-0.2, -0.15) is 0 Å². The second kappa shape index (κ2) is 8.87. The van der Waals surface area contributed by atoms with E-state index in [-0.39, 0.29) is 23.3 Å². The summed E-state index contributed by atoms with van der Waals surface area (Å²) in [7, 11) is 0. The van der Waals surface area contributed by atoms with Gasteiger partial charge in [0.15, 0.2) is 5.78 Å².